The molecule has 15 nitrogen and oxygen atoms in total. The van der Waals surface area contributed by atoms with Crippen molar-refractivity contribution in [2.75, 3.05) is 6.54 Å². The number of carbonyl (C=O) groups is 4. The minimum atomic E-state index is -5.41. The first-order valence-electron chi connectivity index (χ1n) is 13.1. The van der Waals surface area contributed by atoms with Gasteiger partial charge in [-0.15, -0.1) is 5.10 Å². The topological polar surface area (TPSA) is 188 Å². The largest absolute Gasteiger partial charge is 0.488 e. The van der Waals surface area contributed by atoms with Gasteiger partial charge in [-0.3, -0.25) is 24.4 Å². The summed E-state index contributed by atoms with van der Waals surface area (Å²) in [5, 5.41) is 13.0. The summed E-state index contributed by atoms with van der Waals surface area (Å²) in [6.45, 7) is 6.06. The van der Waals surface area contributed by atoms with Gasteiger partial charge in [-0.05, 0) is 46.1 Å². The number of ether oxygens (including phenoxy) is 2. The van der Waals surface area contributed by atoms with Crippen molar-refractivity contribution >= 4 is 34.3 Å². The van der Waals surface area contributed by atoms with Crippen molar-refractivity contribution in [3.8, 4) is 11.5 Å². The summed E-state index contributed by atoms with van der Waals surface area (Å²) in [6.07, 6.45) is 2.65. The Balaban J connectivity index is 1.39. The first kappa shape index (κ1) is 30.7. The molecule has 0 radical (unpaired) electrons. The molecule has 3 heterocycles. The van der Waals surface area contributed by atoms with Crippen molar-refractivity contribution in [3.05, 3.63) is 35.2 Å². The highest BCUT2D eigenvalue weighted by Crippen LogP contribution is 2.38. The zero-order valence-corrected chi connectivity index (χ0v) is 24.0. The molecule has 1 aromatic heterocycles. The van der Waals surface area contributed by atoms with Gasteiger partial charge in [0.1, 0.15) is 35.4 Å². The van der Waals surface area contributed by atoms with Crippen LogP contribution in [0, 0.1) is 0 Å². The number of aromatic nitrogens is 3. The van der Waals surface area contributed by atoms with Gasteiger partial charge in [-0.25, -0.2) is 4.79 Å². The van der Waals surface area contributed by atoms with E-state index in [0.717, 1.165) is 12.1 Å². The smallest absolute Gasteiger partial charge is 0.487 e. The Morgan fingerprint density at radius 1 is 1.21 bits per heavy atom. The Bertz CT molecular complexity index is 1490. The van der Waals surface area contributed by atoms with Crippen LogP contribution in [-0.4, -0.2) is 70.3 Å². The van der Waals surface area contributed by atoms with Crippen molar-refractivity contribution in [3.63, 3.8) is 0 Å². The number of rotatable bonds is 11. The van der Waals surface area contributed by atoms with Gasteiger partial charge in [0.15, 0.2) is 0 Å². The third-order valence-corrected chi connectivity index (χ3v) is 6.62. The van der Waals surface area contributed by atoms with Crippen LogP contribution in [0.4, 0.5) is 8.68 Å². The molecule has 17 heteroatoms. The summed E-state index contributed by atoms with van der Waals surface area (Å²) in [5.41, 5.74) is 0.134. The molecular weight excluding hydrogens is 579 g/mol. The van der Waals surface area contributed by atoms with E-state index in [9.17, 15) is 31.5 Å². The second-order valence-corrected chi connectivity index (χ2v) is 11.7. The van der Waals surface area contributed by atoms with Gasteiger partial charge < -0.3 is 23.9 Å². The Kier molecular flexibility index (Phi) is 8.98. The van der Waals surface area contributed by atoms with E-state index in [1.165, 1.54) is 4.90 Å². The molecule has 2 N–H and O–H groups in total. The predicted octanol–water partition coefficient (Wildman–Crippen LogP) is 1.52. The van der Waals surface area contributed by atoms with Crippen molar-refractivity contribution in [2.24, 2.45) is 0 Å². The number of hydrogen-bond acceptors (Lipinski definition) is 11. The molecular formula is C25H31FN6O9S. The maximum Gasteiger partial charge on any atom is 0.488 e. The lowest BCUT2D eigenvalue weighted by molar-refractivity contribution is -0.136. The van der Waals surface area contributed by atoms with Gasteiger partial charge in [0, 0.05) is 31.1 Å². The van der Waals surface area contributed by atoms with Crippen molar-refractivity contribution < 1.29 is 45.1 Å². The number of unbranched alkanes of at least 4 members (excludes halogenated alkanes) is 1. The molecule has 2 aromatic rings. The van der Waals surface area contributed by atoms with E-state index >= 15 is 0 Å². The normalized spacial score (nSPS) is 17.1. The third kappa shape index (κ3) is 8.14. The minimum absolute atomic E-state index is 0.0251. The van der Waals surface area contributed by atoms with E-state index in [-0.39, 0.29) is 37.3 Å². The lowest BCUT2D eigenvalue weighted by atomic mass is 10.0. The number of piperidine rings is 1. The molecule has 1 atom stereocenters. The molecule has 2 aliphatic heterocycles. The van der Waals surface area contributed by atoms with E-state index in [1.807, 2.05) is 0 Å². The second-order valence-electron chi connectivity index (χ2n) is 10.7. The molecule has 1 aromatic carbocycles. The number of nitrogens with zero attached hydrogens (tertiary/aromatic N) is 4. The molecule has 228 valence electrons. The summed E-state index contributed by atoms with van der Waals surface area (Å²) >= 11 is 0. The average molecular weight is 611 g/mol. The fourth-order valence-electron chi connectivity index (χ4n) is 4.46. The van der Waals surface area contributed by atoms with Crippen molar-refractivity contribution in [1.29, 1.82) is 0 Å². The number of fused-ring (bicyclic) bond motifs is 1. The van der Waals surface area contributed by atoms with Crippen LogP contribution in [0.5, 0.6) is 11.5 Å². The van der Waals surface area contributed by atoms with Crippen LogP contribution in [0.15, 0.2) is 18.3 Å². The number of aryl methyl sites for hydroxylation is 1. The fraction of sp³-hybridized carbons (Fsp3) is 0.520. The maximum atomic E-state index is 13.3. The van der Waals surface area contributed by atoms with E-state index in [4.69, 9.17) is 9.47 Å². The van der Waals surface area contributed by atoms with Crippen LogP contribution >= 0.6 is 0 Å². The molecule has 1 fully saturated rings. The van der Waals surface area contributed by atoms with E-state index in [0.29, 0.717) is 37.2 Å². The van der Waals surface area contributed by atoms with Crippen molar-refractivity contribution in [1.82, 2.24) is 30.5 Å². The quantitative estimate of drug-likeness (QED) is 0.213. The van der Waals surface area contributed by atoms with Crippen molar-refractivity contribution in [2.45, 2.75) is 77.8 Å². The number of carbonyl (C=O) groups excluding carboxylic acids is 4. The molecule has 0 saturated carbocycles. The van der Waals surface area contributed by atoms with Crippen LogP contribution < -0.4 is 19.6 Å². The van der Waals surface area contributed by atoms with Gasteiger partial charge in [0.2, 0.25) is 11.8 Å². The number of imide groups is 1. The van der Waals surface area contributed by atoms with Crippen LogP contribution in [0.3, 0.4) is 0 Å². The van der Waals surface area contributed by atoms with Gasteiger partial charge in [0.25, 0.3) is 5.91 Å². The van der Waals surface area contributed by atoms with Gasteiger partial charge in [-0.1, -0.05) is 9.10 Å². The lowest BCUT2D eigenvalue weighted by Crippen LogP contribution is -2.52. The highest BCUT2D eigenvalue weighted by molar-refractivity contribution is 7.81. The minimum Gasteiger partial charge on any atom is -0.487 e. The number of nitrogens with one attached hydrogen (secondary N) is 2. The Labute approximate surface area is 241 Å². The van der Waals surface area contributed by atoms with Gasteiger partial charge >= 0.3 is 16.6 Å². The van der Waals surface area contributed by atoms with Gasteiger partial charge in [-0.2, -0.15) is 8.42 Å². The molecule has 0 bridgehead atoms. The number of benzene rings is 1. The standard InChI is InChI=1S/C25H31FN6O9S/c1-25(2,3)40-24(36)27-8-4-5-9-31-12-15(29-30-31)14-39-20-11-16(41-42(26,37)38)10-17-18(20)13-32(23(17)35)19-6-7-21(33)28-22(19)34/h10-12,19H,4-9,13-14H2,1-3H3,(H,27,36)(H,28,33,34). The summed E-state index contributed by atoms with van der Waals surface area (Å²) in [7, 11) is -5.41. The molecule has 4 amide bonds. The molecule has 2 aliphatic rings. The Morgan fingerprint density at radius 2 is 1.98 bits per heavy atom. The SMILES string of the molecule is CC(C)(C)OC(=O)NCCCCn1cc(COc2cc(OS(=O)(=O)F)cc3c2CN(C2CCC(=O)NC2=O)C3=O)nn1. The Hall–Kier alpha value is -4.28. The van der Waals surface area contributed by atoms with Crippen LogP contribution in [-0.2, 0) is 44.5 Å². The Morgan fingerprint density at radius 3 is 2.67 bits per heavy atom. The van der Waals surface area contributed by atoms with E-state index < -0.39 is 51.7 Å². The van der Waals surface area contributed by atoms with Crippen LogP contribution in [0.25, 0.3) is 0 Å². The average Bonchev–Trinajstić information content (AvgIpc) is 3.45. The molecule has 0 aliphatic carbocycles. The summed E-state index contributed by atoms with van der Waals surface area (Å²) in [6, 6.07) is 1.25. The van der Waals surface area contributed by atoms with E-state index in [2.05, 4.69) is 25.1 Å². The second kappa shape index (κ2) is 12.3. The monoisotopic (exact) mass is 610 g/mol. The first-order chi connectivity index (χ1) is 19.7. The number of alkyl carbamates (subject to hydrolysis) is 1. The van der Waals surface area contributed by atoms with E-state index in [1.54, 1.807) is 31.6 Å². The van der Waals surface area contributed by atoms with Gasteiger partial charge in [0.05, 0.1) is 18.3 Å². The zero-order valence-electron chi connectivity index (χ0n) is 23.2. The maximum absolute atomic E-state index is 13.3. The van der Waals surface area contributed by atoms with Crippen LogP contribution in [0.1, 0.15) is 68.1 Å². The summed E-state index contributed by atoms with van der Waals surface area (Å²) < 4.78 is 52.5. The predicted molar refractivity (Wildman–Crippen MR) is 141 cm³/mol. The summed E-state index contributed by atoms with van der Waals surface area (Å²) in [5.74, 6) is -2.17. The highest BCUT2D eigenvalue weighted by atomic mass is 32.3. The molecule has 4 rings (SSSR count). The first-order valence-corrected chi connectivity index (χ1v) is 14.4. The molecule has 42 heavy (non-hydrogen) atoms. The highest BCUT2D eigenvalue weighted by Gasteiger charge is 2.41. The summed E-state index contributed by atoms with van der Waals surface area (Å²) in [4.78, 5) is 50.0. The number of hydrogen-bond donors (Lipinski definition) is 2. The number of amides is 4. The molecule has 0 spiro atoms. The van der Waals surface area contributed by atoms with Crippen LogP contribution in [0.2, 0.25) is 0 Å². The molecule has 1 saturated heterocycles. The lowest BCUT2D eigenvalue weighted by Gasteiger charge is -2.29. The molecule has 1 unspecified atom stereocenters. The zero-order chi connectivity index (χ0) is 30.7. The fourth-order valence-corrected chi connectivity index (χ4v) is 4.79. The number of halogens is 1. The third-order valence-electron chi connectivity index (χ3n) is 6.23.